The Kier molecular flexibility index (Phi) is 4.76. The van der Waals surface area contributed by atoms with Gasteiger partial charge in [-0.05, 0) is 55.3 Å². The van der Waals surface area contributed by atoms with Gasteiger partial charge in [0.1, 0.15) is 0 Å². The quantitative estimate of drug-likeness (QED) is 0.911. The van der Waals surface area contributed by atoms with Gasteiger partial charge in [-0.2, -0.15) is 0 Å². The molecule has 3 heteroatoms. The third-order valence-electron chi connectivity index (χ3n) is 3.73. The van der Waals surface area contributed by atoms with Crippen molar-refractivity contribution in [3.05, 3.63) is 70.3 Å². The molecule has 2 aromatic rings. The minimum atomic E-state index is -0.884. The molecule has 0 aliphatic rings. The zero-order chi connectivity index (χ0) is 15.4. The largest absolute Gasteiger partial charge is 0.478 e. The molecule has 0 saturated carbocycles. The summed E-state index contributed by atoms with van der Waals surface area (Å²) >= 11 is 0. The van der Waals surface area contributed by atoms with E-state index in [9.17, 15) is 4.79 Å². The zero-order valence-corrected chi connectivity index (χ0v) is 12.8. The van der Waals surface area contributed by atoms with E-state index in [1.54, 1.807) is 12.1 Å². The van der Waals surface area contributed by atoms with Gasteiger partial charge in [-0.1, -0.05) is 30.3 Å². The second-order valence-electron chi connectivity index (χ2n) is 5.54. The van der Waals surface area contributed by atoms with Crippen LogP contribution in [-0.2, 0) is 13.1 Å². The molecule has 0 aliphatic heterocycles. The second-order valence-corrected chi connectivity index (χ2v) is 5.54. The van der Waals surface area contributed by atoms with E-state index in [0.29, 0.717) is 5.56 Å². The van der Waals surface area contributed by atoms with Crippen molar-refractivity contribution in [1.29, 1.82) is 0 Å². The monoisotopic (exact) mass is 283 g/mol. The molecule has 0 heterocycles. The van der Waals surface area contributed by atoms with Crippen molar-refractivity contribution in [1.82, 2.24) is 4.90 Å². The summed E-state index contributed by atoms with van der Waals surface area (Å²) in [7, 11) is 2.08. The van der Waals surface area contributed by atoms with Crippen molar-refractivity contribution < 1.29 is 9.90 Å². The molecule has 0 saturated heterocycles. The molecule has 2 aromatic carbocycles. The Labute approximate surface area is 125 Å². The molecule has 0 bridgehead atoms. The van der Waals surface area contributed by atoms with Gasteiger partial charge in [-0.15, -0.1) is 0 Å². The molecule has 0 aliphatic carbocycles. The summed E-state index contributed by atoms with van der Waals surface area (Å²) in [5.74, 6) is -0.884. The number of aryl methyl sites for hydroxylation is 2. The van der Waals surface area contributed by atoms with Crippen molar-refractivity contribution >= 4 is 5.97 Å². The molecule has 0 unspecified atom stereocenters. The van der Waals surface area contributed by atoms with Crippen LogP contribution in [0.15, 0.2) is 42.5 Å². The van der Waals surface area contributed by atoms with Crippen molar-refractivity contribution in [3.8, 4) is 0 Å². The number of nitrogens with zero attached hydrogens (tertiary/aromatic N) is 1. The molecule has 0 amide bonds. The van der Waals surface area contributed by atoms with Crippen LogP contribution < -0.4 is 0 Å². The van der Waals surface area contributed by atoms with Gasteiger partial charge >= 0.3 is 5.97 Å². The summed E-state index contributed by atoms with van der Waals surface area (Å²) in [6, 6.07) is 13.4. The lowest BCUT2D eigenvalue weighted by Crippen LogP contribution is -2.18. The molecule has 2 rings (SSSR count). The van der Waals surface area contributed by atoms with Crippen LogP contribution >= 0.6 is 0 Å². The van der Waals surface area contributed by atoms with Crippen LogP contribution in [0.2, 0.25) is 0 Å². The van der Waals surface area contributed by atoms with Gasteiger partial charge in [0.25, 0.3) is 0 Å². The highest BCUT2D eigenvalue weighted by molar-refractivity contribution is 5.87. The van der Waals surface area contributed by atoms with Crippen molar-refractivity contribution in [2.75, 3.05) is 7.05 Å². The third kappa shape index (κ3) is 3.92. The summed E-state index contributed by atoms with van der Waals surface area (Å²) in [6.07, 6.45) is 0. The van der Waals surface area contributed by atoms with E-state index < -0.39 is 5.97 Å². The fraction of sp³-hybridized carbons (Fsp3) is 0.278. The molecule has 0 aromatic heterocycles. The van der Waals surface area contributed by atoms with Gasteiger partial charge in [0, 0.05) is 13.1 Å². The second kappa shape index (κ2) is 6.55. The SMILES string of the molecule is Cc1cccc(C)c1CN(C)Cc1ccc(C(=O)O)cc1. The Hall–Kier alpha value is -2.13. The van der Waals surface area contributed by atoms with Gasteiger partial charge in [0.15, 0.2) is 0 Å². The van der Waals surface area contributed by atoms with Gasteiger partial charge < -0.3 is 5.11 Å². The molecule has 110 valence electrons. The number of hydrogen-bond donors (Lipinski definition) is 1. The van der Waals surface area contributed by atoms with Crippen LogP contribution in [0.3, 0.4) is 0 Å². The molecule has 3 nitrogen and oxygen atoms in total. The zero-order valence-electron chi connectivity index (χ0n) is 12.8. The maximum atomic E-state index is 10.8. The van der Waals surface area contributed by atoms with Crippen LogP contribution in [0.1, 0.15) is 32.6 Å². The lowest BCUT2D eigenvalue weighted by atomic mass is 10.0. The predicted octanol–water partition coefficient (Wildman–Crippen LogP) is 3.63. The van der Waals surface area contributed by atoms with Gasteiger partial charge in [0.2, 0.25) is 0 Å². The van der Waals surface area contributed by atoms with Gasteiger partial charge in [0.05, 0.1) is 5.56 Å². The van der Waals surface area contributed by atoms with E-state index in [2.05, 4.69) is 44.0 Å². The van der Waals surface area contributed by atoms with Gasteiger partial charge in [-0.25, -0.2) is 4.79 Å². The van der Waals surface area contributed by atoms with E-state index in [1.165, 1.54) is 16.7 Å². The smallest absolute Gasteiger partial charge is 0.335 e. The Morgan fingerprint density at radius 2 is 1.57 bits per heavy atom. The number of rotatable bonds is 5. The summed E-state index contributed by atoms with van der Waals surface area (Å²) in [4.78, 5) is 13.1. The molecule has 0 atom stereocenters. The average molecular weight is 283 g/mol. The number of carboxylic acid groups (broad SMARTS) is 1. The highest BCUT2D eigenvalue weighted by Crippen LogP contribution is 2.16. The molecule has 0 fully saturated rings. The van der Waals surface area contributed by atoms with Crippen LogP contribution in [0, 0.1) is 13.8 Å². The minimum Gasteiger partial charge on any atom is -0.478 e. The first-order chi connectivity index (χ1) is 9.97. The maximum Gasteiger partial charge on any atom is 0.335 e. The van der Waals surface area contributed by atoms with Crippen LogP contribution in [0.4, 0.5) is 0 Å². The Morgan fingerprint density at radius 1 is 1.00 bits per heavy atom. The summed E-state index contributed by atoms with van der Waals surface area (Å²) in [6.45, 7) is 5.96. The summed E-state index contributed by atoms with van der Waals surface area (Å²) in [5, 5.41) is 8.90. The Balaban J connectivity index is 2.04. The topological polar surface area (TPSA) is 40.5 Å². The van der Waals surface area contributed by atoms with E-state index in [-0.39, 0.29) is 0 Å². The van der Waals surface area contributed by atoms with Crippen molar-refractivity contribution in [3.63, 3.8) is 0 Å². The molecule has 1 N–H and O–H groups in total. The summed E-state index contributed by atoms with van der Waals surface area (Å²) < 4.78 is 0. The van der Waals surface area contributed by atoms with Crippen LogP contribution in [0.25, 0.3) is 0 Å². The minimum absolute atomic E-state index is 0.330. The van der Waals surface area contributed by atoms with Gasteiger partial charge in [-0.3, -0.25) is 4.90 Å². The molecular formula is C18H21NO2. The number of carbonyl (C=O) groups is 1. The molecule has 21 heavy (non-hydrogen) atoms. The van der Waals surface area contributed by atoms with E-state index in [0.717, 1.165) is 18.7 Å². The average Bonchev–Trinajstić information content (AvgIpc) is 2.43. The Bertz CT molecular complexity index is 612. The highest BCUT2D eigenvalue weighted by atomic mass is 16.4. The van der Waals surface area contributed by atoms with Crippen LogP contribution in [0.5, 0.6) is 0 Å². The first-order valence-electron chi connectivity index (χ1n) is 7.03. The lowest BCUT2D eigenvalue weighted by Gasteiger charge is -2.19. The highest BCUT2D eigenvalue weighted by Gasteiger charge is 2.07. The summed E-state index contributed by atoms with van der Waals surface area (Å²) in [5.41, 5.74) is 5.43. The van der Waals surface area contributed by atoms with Crippen molar-refractivity contribution in [2.24, 2.45) is 0 Å². The van der Waals surface area contributed by atoms with Crippen molar-refractivity contribution in [2.45, 2.75) is 26.9 Å². The van der Waals surface area contributed by atoms with Crippen LogP contribution in [-0.4, -0.2) is 23.0 Å². The molecular weight excluding hydrogens is 262 g/mol. The fourth-order valence-electron chi connectivity index (χ4n) is 2.49. The Morgan fingerprint density at radius 3 is 2.10 bits per heavy atom. The van der Waals surface area contributed by atoms with E-state index >= 15 is 0 Å². The number of benzene rings is 2. The van der Waals surface area contributed by atoms with E-state index in [1.807, 2.05) is 12.1 Å². The third-order valence-corrected chi connectivity index (χ3v) is 3.73. The number of aromatic carboxylic acids is 1. The fourth-order valence-corrected chi connectivity index (χ4v) is 2.49. The van der Waals surface area contributed by atoms with E-state index in [4.69, 9.17) is 5.11 Å². The first-order valence-corrected chi connectivity index (χ1v) is 7.03. The standard InChI is InChI=1S/C18H21NO2/c1-13-5-4-6-14(2)17(13)12-19(3)11-15-7-9-16(10-8-15)18(20)21/h4-10H,11-12H2,1-3H3,(H,20,21). The molecule has 0 spiro atoms. The number of carboxylic acids is 1. The lowest BCUT2D eigenvalue weighted by molar-refractivity contribution is 0.0697. The maximum absolute atomic E-state index is 10.8. The first kappa shape index (κ1) is 15.3. The normalized spacial score (nSPS) is 10.9. The number of hydrogen-bond acceptors (Lipinski definition) is 2. The predicted molar refractivity (Wildman–Crippen MR) is 84.5 cm³/mol. The molecule has 0 radical (unpaired) electrons.